The van der Waals surface area contributed by atoms with Crippen LogP contribution < -0.4 is 0 Å². The zero-order chi connectivity index (χ0) is 17.6. The van der Waals surface area contributed by atoms with E-state index in [0.717, 1.165) is 0 Å². The molecule has 0 aromatic carbocycles. The number of carbonyl (C=O) groups excluding carboxylic acids is 1. The Hall–Kier alpha value is -2.91. The van der Waals surface area contributed by atoms with Crippen molar-refractivity contribution in [3.8, 4) is 0 Å². The maximum absolute atomic E-state index is 10.7. The maximum atomic E-state index is 10.7. The quantitative estimate of drug-likeness (QED) is 0.311. The SMILES string of the molecule is C=C(CC)C(=O)OCC.O=C(O)C(=O)O.O=C(O)C(=O)O. The summed E-state index contributed by atoms with van der Waals surface area (Å²) in [5, 5.41) is 29.6. The van der Waals surface area contributed by atoms with Crippen molar-refractivity contribution >= 4 is 29.8 Å². The van der Waals surface area contributed by atoms with Gasteiger partial charge in [0.2, 0.25) is 0 Å². The average Bonchev–Trinajstić information content (AvgIpc) is 2.39. The third kappa shape index (κ3) is 19.6. The number of esters is 1. The summed E-state index contributed by atoms with van der Waals surface area (Å²) in [4.78, 5) is 47.1. The molecule has 0 spiro atoms. The molecule has 10 heteroatoms. The van der Waals surface area contributed by atoms with Gasteiger partial charge >= 0.3 is 29.8 Å². The number of rotatable bonds is 3. The lowest BCUT2D eigenvalue weighted by Gasteiger charge is -1.99. The summed E-state index contributed by atoms with van der Waals surface area (Å²) in [5.74, 6) is -7.57. The van der Waals surface area contributed by atoms with Crippen LogP contribution >= 0.6 is 0 Å². The molecular weight excluding hydrogens is 292 g/mol. The van der Waals surface area contributed by atoms with Crippen LogP contribution in [-0.2, 0) is 28.7 Å². The molecule has 0 aliphatic carbocycles. The topological polar surface area (TPSA) is 176 Å². The molecule has 4 N–H and O–H groups in total. The molecule has 0 aliphatic heterocycles. The van der Waals surface area contributed by atoms with E-state index in [2.05, 4.69) is 11.3 Å². The summed E-state index contributed by atoms with van der Waals surface area (Å²) in [5.41, 5.74) is 0.539. The van der Waals surface area contributed by atoms with Crippen LogP contribution in [0, 0.1) is 0 Å². The van der Waals surface area contributed by atoms with Gasteiger partial charge in [0.25, 0.3) is 0 Å². The first-order chi connectivity index (χ1) is 9.50. The summed E-state index contributed by atoms with van der Waals surface area (Å²) in [6, 6.07) is 0. The van der Waals surface area contributed by atoms with Gasteiger partial charge < -0.3 is 25.2 Å². The lowest BCUT2D eigenvalue weighted by molar-refractivity contribution is -0.159. The van der Waals surface area contributed by atoms with E-state index in [9.17, 15) is 4.79 Å². The normalized spacial score (nSPS) is 7.90. The molecule has 0 saturated heterocycles. The summed E-state index contributed by atoms with van der Waals surface area (Å²) in [6.07, 6.45) is 0.666. The summed E-state index contributed by atoms with van der Waals surface area (Å²) >= 11 is 0. The third-order valence-electron chi connectivity index (χ3n) is 1.36. The maximum Gasteiger partial charge on any atom is 0.414 e. The minimum atomic E-state index is -1.82. The largest absolute Gasteiger partial charge is 0.473 e. The fraction of sp³-hybridized carbons (Fsp3) is 0.364. The van der Waals surface area contributed by atoms with E-state index in [1.807, 2.05) is 6.92 Å². The van der Waals surface area contributed by atoms with Crippen LogP contribution in [0.2, 0.25) is 0 Å². The highest BCUT2D eigenvalue weighted by atomic mass is 16.5. The van der Waals surface area contributed by atoms with Gasteiger partial charge in [-0.2, -0.15) is 0 Å². The molecule has 0 saturated carbocycles. The van der Waals surface area contributed by atoms with Gasteiger partial charge in [0, 0.05) is 5.57 Å². The lowest BCUT2D eigenvalue weighted by atomic mass is 10.2. The highest BCUT2D eigenvalue weighted by Gasteiger charge is 2.04. The Balaban J connectivity index is -0.000000240. The van der Waals surface area contributed by atoms with Gasteiger partial charge in [-0.05, 0) is 13.3 Å². The second-order valence-corrected chi connectivity index (χ2v) is 2.90. The fourth-order valence-electron chi connectivity index (χ4n) is 0.377. The van der Waals surface area contributed by atoms with Crippen molar-refractivity contribution in [2.75, 3.05) is 6.61 Å². The standard InChI is InChI=1S/C7H12O2.2C2H2O4/c1-4-6(3)7(8)9-5-2;2*3-1(4)2(5)6/h3-5H2,1-2H3;2*(H,3,4)(H,5,6). The summed E-state index contributed by atoms with van der Waals surface area (Å²) in [6.45, 7) is 7.60. The van der Waals surface area contributed by atoms with E-state index in [-0.39, 0.29) is 5.97 Å². The van der Waals surface area contributed by atoms with E-state index in [0.29, 0.717) is 18.6 Å². The third-order valence-corrected chi connectivity index (χ3v) is 1.36. The van der Waals surface area contributed by atoms with Crippen molar-refractivity contribution < 1.29 is 49.1 Å². The van der Waals surface area contributed by atoms with Crippen molar-refractivity contribution in [3.63, 3.8) is 0 Å². The molecule has 0 amide bonds. The predicted molar refractivity (Wildman–Crippen MR) is 66.6 cm³/mol. The van der Waals surface area contributed by atoms with Crippen LogP contribution in [0.5, 0.6) is 0 Å². The Morgan fingerprint density at radius 2 is 1.10 bits per heavy atom. The molecule has 0 rings (SSSR count). The Labute approximate surface area is 119 Å². The number of carbonyl (C=O) groups is 5. The van der Waals surface area contributed by atoms with Gasteiger partial charge in [0.1, 0.15) is 0 Å². The number of aliphatic carboxylic acids is 4. The highest BCUT2D eigenvalue weighted by Crippen LogP contribution is 1.98. The first-order valence-electron chi connectivity index (χ1n) is 5.28. The fourth-order valence-corrected chi connectivity index (χ4v) is 0.377. The zero-order valence-corrected chi connectivity index (χ0v) is 11.4. The number of carboxylic acid groups (broad SMARTS) is 4. The molecule has 0 aromatic rings. The van der Waals surface area contributed by atoms with Crippen molar-refractivity contribution in [3.05, 3.63) is 12.2 Å². The first kappa shape index (κ1) is 23.2. The van der Waals surface area contributed by atoms with E-state index in [4.69, 9.17) is 39.6 Å². The number of ether oxygens (including phenoxy) is 1. The Bertz CT molecular complexity index is 361. The van der Waals surface area contributed by atoms with Gasteiger partial charge in [-0.3, -0.25) is 0 Å². The molecule has 0 heterocycles. The molecule has 10 nitrogen and oxygen atoms in total. The number of carboxylic acids is 4. The molecule has 21 heavy (non-hydrogen) atoms. The van der Waals surface area contributed by atoms with Crippen LogP contribution in [0.1, 0.15) is 20.3 Å². The molecule has 0 radical (unpaired) electrons. The van der Waals surface area contributed by atoms with Crippen molar-refractivity contribution in [2.45, 2.75) is 20.3 Å². The Morgan fingerprint density at radius 3 is 1.24 bits per heavy atom. The summed E-state index contributed by atoms with van der Waals surface area (Å²) in [7, 11) is 0. The van der Waals surface area contributed by atoms with Crippen molar-refractivity contribution in [2.24, 2.45) is 0 Å². The summed E-state index contributed by atoms with van der Waals surface area (Å²) < 4.78 is 4.66. The van der Waals surface area contributed by atoms with Crippen LogP contribution in [0.15, 0.2) is 12.2 Å². The van der Waals surface area contributed by atoms with E-state index >= 15 is 0 Å². The van der Waals surface area contributed by atoms with Crippen molar-refractivity contribution in [1.29, 1.82) is 0 Å². The zero-order valence-electron chi connectivity index (χ0n) is 11.4. The first-order valence-corrected chi connectivity index (χ1v) is 5.28. The number of hydrogen-bond donors (Lipinski definition) is 4. The molecule has 120 valence electrons. The highest BCUT2D eigenvalue weighted by molar-refractivity contribution is 6.27. The second-order valence-electron chi connectivity index (χ2n) is 2.90. The molecule has 0 aliphatic rings. The minimum absolute atomic E-state index is 0.278. The Morgan fingerprint density at radius 1 is 0.810 bits per heavy atom. The number of hydrogen-bond acceptors (Lipinski definition) is 6. The average molecular weight is 308 g/mol. The van der Waals surface area contributed by atoms with E-state index in [1.165, 1.54) is 0 Å². The predicted octanol–water partition coefficient (Wildman–Crippen LogP) is -0.173. The van der Waals surface area contributed by atoms with Gasteiger partial charge in [0.05, 0.1) is 6.61 Å². The van der Waals surface area contributed by atoms with Crippen LogP contribution in [0.25, 0.3) is 0 Å². The van der Waals surface area contributed by atoms with Gasteiger partial charge in [-0.15, -0.1) is 0 Å². The molecule has 0 fully saturated rings. The molecule has 0 aromatic heterocycles. The van der Waals surface area contributed by atoms with Crippen LogP contribution in [0.4, 0.5) is 0 Å². The van der Waals surface area contributed by atoms with Gasteiger partial charge in [0.15, 0.2) is 0 Å². The molecule has 0 atom stereocenters. The van der Waals surface area contributed by atoms with E-state index in [1.54, 1.807) is 6.92 Å². The van der Waals surface area contributed by atoms with Crippen LogP contribution in [0.3, 0.4) is 0 Å². The van der Waals surface area contributed by atoms with Gasteiger partial charge in [-0.25, -0.2) is 24.0 Å². The second kappa shape index (κ2) is 13.5. The van der Waals surface area contributed by atoms with Gasteiger partial charge in [-0.1, -0.05) is 13.5 Å². The van der Waals surface area contributed by atoms with Crippen LogP contribution in [-0.4, -0.2) is 56.9 Å². The lowest BCUT2D eigenvalue weighted by Crippen LogP contribution is -2.09. The minimum Gasteiger partial charge on any atom is -0.473 e. The Kier molecular flexibility index (Phi) is 14.9. The smallest absolute Gasteiger partial charge is 0.414 e. The monoisotopic (exact) mass is 308 g/mol. The molecule has 0 bridgehead atoms. The molecule has 0 unspecified atom stereocenters. The molecular formula is C11H16O10. The van der Waals surface area contributed by atoms with E-state index < -0.39 is 23.9 Å². The van der Waals surface area contributed by atoms with Crippen molar-refractivity contribution in [1.82, 2.24) is 0 Å².